The third-order valence-electron chi connectivity index (χ3n) is 1.24. The summed E-state index contributed by atoms with van der Waals surface area (Å²) >= 11 is 1.55. The largest absolute Gasteiger partial charge is 0.299 e. The maximum atomic E-state index is 10.1. The second-order valence-electron chi connectivity index (χ2n) is 1.95. The lowest BCUT2D eigenvalue weighted by atomic mass is 10.4. The summed E-state index contributed by atoms with van der Waals surface area (Å²) in [5.74, 6) is 0. The molecular weight excluding hydrogens is 156 g/mol. The molecule has 0 spiro atoms. The number of hydrogen-bond acceptors (Lipinski definition) is 2. The van der Waals surface area contributed by atoms with Gasteiger partial charge in [-0.25, -0.2) is 0 Å². The van der Waals surface area contributed by atoms with Crippen molar-refractivity contribution >= 4 is 29.8 Å². The highest BCUT2D eigenvalue weighted by Gasteiger charge is 1.82. The summed E-state index contributed by atoms with van der Waals surface area (Å²) < 4.78 is 0.986. The van der Waals surface area contributed by atoms with Crippen LogP contribution < -0.4 is 9.75 Å². The Morgan fingerprint density at radius 1 is 1.45 bits per heavy atom. The molecule has 0 N–H and O–H groups in total. The Labute approximate surface area is 69.0 Å². The zero-order chi connectivity index (χ0) is 8.10. The van der Waals surface area contributed by atoms with Crippen LogP contribution in [0.3, 0.4) is 0 Å². The van der Waals surface area contributed by atoms with E-state index in [1.807, 2.05) is 17.5 Å². The molecule has 0 saturated heterocycles. The van der Waals surface area contributed by atoms with Crippen LogP contribution in [0, 0.1) is 0 Å². The van der Waals surface area contributed by atoms with Crippen molar-refractivity contribution in [3.05, 3.63) is 33.9 Å². The topological polar surface area (TPSA) is 17.1 Å². The molecule has 56 valence electrons. The Morgan fingerprint density at radius 2 is 2.27 bits per heavy atom. The summed E-state index contributed by atoms with van der Waals surface area (Å²) in [6, 6.07) is 1.96. The van der Waals surface area contributed by atoms with Crippen LogP contribution in [0.1, 0.15) is 0 Å². The minimum atomic E-state index is 0.798. The highest BCUT2D eigenvalue weighted by molar-refractivity contribution is 7.07. The van der Waals surface area contributed by atoms with Crippen molar-refractivity contribution in [2.75, 3.05) is 0 Å². The molecule has 0 saturated carbocycles. The van der Waals surface area contributed by atoms with Gasteiger partial charge in [0.15, 0.2) is 0 Å². The smallest absolute Gasteiger partial charge is 0.144 e. The molecule has 0 aromatic carbocycles. The summed E-state index contributed by atoms with van der Waals surface area (Å²) in [7, 11) is 0. The summed E-state index contributed by atoms with van der Waals surface area (Å²) in [4.78, 5) is 10.1. The third kappa shape index (κ3) is 1.88. The van der Waals surface area contributed by atoms with Gasteiger partial charge in [-0.05, 0) is 22.7 Å². The molecule has 0 amide bonds. The van der Waals surface area contributed by atoms with Crippen molar-refractivity contribution < 1.29 is 4.79 Å². The Hall–Kier alpha value is -1.15. The van der Waals surface area contributed by atoms with Crippen molar-refractivity contribution in [1.29, 1.82) is 0 Å². The van der Waals surface area contributed by atoms with E-state index in [4.69, 9.17) is 0 Å². The SMILES string of the molecule is C=C/C=c1/ccs/c1=C\C=O. The van der Waals surface area contributed by atoms with Gasteiger partial charge in [0.25, 0.3) is 0 Å². The Balaban J connectivity index is 3.38. The minimum absolute atomic E-state index is 0.798. The molecule has 1 rings (SSSR count). The van der Waals surface area contributed by atoms with Gasteiger partial charge < -0.3 is 0 Å². The van der Waals surface area contributed by atoms with Crippen LogP contribution in [0.15, 0.2) is 24.1 Å². The average molecular weight is 164 g/mol. The zero-order valence-corrected chi connectivity index (χ0v) is 6.80. The third-order valence-corrected chi connectivity index (χ3v) is 2.14. The second kappa shape index (κ2) is 3.88. The molecule has 0 aliphatic heterocycles. The molecular formula is C9H8OS. The molecule has 0 bridgehead atoms. The van der Waals surface area contributed by atoms with Crippen molar-refractivity contribution in [2.24, 2.45) is 0 Å². The van der Waals surface area contributed by atoms with Gasteiger partial charge in [0.1, 0.15) is 6.29 Å². The van der Waals surface area contributed by atoms with Gasteiger partial charge in [-0.15, -0.1) is 11.3 Å². The van der Waals surface area contributed by atoms with Crippen LogP contribution in [-0.2, 0) is 4.79 Å². The molecule has 1 heterocycles. The predicted octanol–water partition coefficient (Wildman–Crippen LogP) is 0.694. The molecule has 11 heavy (non-hydrogen) atoms. The molecule has 0 unspecified atom stereocenters. The molecule has 2 heteroatoms. The summed E-state index contributed by atoms with van der Waals surface area (Å²) in [5.41, 5.74) is 0. The van der Waals surface area contributed by atoms with Gasteiger partial charge in [-0.1, -0.05) is 18.7 Å². The first-order valence-electron chi connectivity index (χ1n) is 3.20. The van der Waals surface area contributed by atoms with Gasteiger partial charge >= 0.3 is 0 Å². The highest BCUT2D eigenvalue weighted by Crippen LogP contribution is 1.80. The monoisotopic (exact) mass is 164 g/mol. The Morgan fingerprint density at radius 3 is 2.91 bits per heavy atom. The van der Waals surface area contributed by atoms with Gasteiger partial charge in [0.05, 0.1) is 0 Å². The first-order valence-corrected chi connectivity index (χ1v) is 4.08. The molecule has 0 aliphatic carbocycles. The van der Waals surface area contributed by atoms with Gasteiger partial charge in [0.2, 0.25) is 0 Å². The second-order valence-corrected chi connectivity index (χ2v) is 2.89. The molecule has 1 aromatic heterocycles. The normalized spacial score (nSPS) is 13.5. The van der Waals surface area contributed by atoms with Crippen LogP contribution in [0.4, 0.5) is 0 Å². The van der Waals surface area contributed by atoms with Crippen molar-refractivity contribution in [3.8, 4) is 0 Å². The van der Waals surface area contributed by atoms with Crippen LogP contribution in [-0.4, -0.2) is 6.29 Å². The molecule has 0 atom stereocenters. The van der Waals surface area contributed by atoms with Crippen LogP contribution in [0.2, 0.25) is 0 Å². The van der Waals surface area contributed by atoms with E-state index in [1.165, 1.54) is 0 Å². The molecule has 0 radical (unpaired) electrons. The first-order chi connectivity index (χ1) is 5.38. The lowest BCUT2D eigenvalue weighted by Crippen LogP contribution is -2.16. The van der Waals surface area contributed by atoms with E-state index in [0.717, 1.165) is 16.0 Å². The van der Waals surface area contributed by atoms with Crippen molar-refractivity contribution in [3.63, 3.8) is 0 Å². The fourth-order valence-corrected chi connectivity index (χ4v) is 1.56. The lowest BCUT2D eigenvalue weighted by molar-refractivity contribution is -0.103. The van der Waals surface area contributed by atoms with E-state index in [2.05, 4.69) is 6.58 Å². The maximum absolute atomic E-state index is 10.1. The van der Waals surface area contributed by atoms with E-state index in [1.54, 1.807) is 23.5 Å². The fourth-order valence-electron chi connectivity index (χ4n) is 0.793. The number of carbonyl (C=O) groups excluding carboxylic acids is 1. The lowest BCUT2D eigenvalue weighted by Gasteiger charge is -1.72. The molecule has 1 nitrogen and oxygen atoms in total. The summed E-state index contributed by atoms with van der Waals surface area (Å²) in [5, 5.41) is 3.00. The Kier molecular flexibility index (Phi) is 2.81. The van der Waals surface area contributed by atoms with E-state index >= 15 is 0 Å². The van der Waals surface area contributed by atoms with Gasteiger partial charge in [-0.2, -0.15) is 0 Å². The summed E-state index contributed by atoms with van der Waals surface area (Å²) in [6.45, 7) is 3.58. The van der Waals surface area contributed by atoms with E-state index in [-0.39, 0.29) is 0 Å². The van der Waals surface area contributed by atoms with Crippen LogP contribution in [0.5, 0.6) is 0 Å². The minimum Gasteiger partial charge on any atom is -0.299 e. The number of carbonyl (C=O) groups is 1. The van der Waals surface area contributed by atoms with Gasteiger partial charge in [0, 0.05) is 4.53 Å². The number of aldehydes is 1. The quantitative estimate of drug-likeness (QED) is 0.588. The van der Waals surface area contributed by atoms with E-state index in [0.29, 0.717) is 0 Å². The van der Waals surface area contributed by atoms with Crippen molar-refractivity contribution in [1.82, 2.24) is 0 Å². The van der Waals surface area contributed by atoms with E-state index < -0.39 is 0 Å². The highest BCUT2D eigenvalue weighted by atomic mass is 32.1. The van der Waals surface area contributed by atoms with Crippen LogP contribution >= 0.6 is 11.3 Å². The predicted molar refractivity (Wildman–Crippen MR) is 48.8 cm³/mol. The number of thiophene rings is 1. The Bertz CT molecular complexity index is 325. The fraction of sp³-hybridized carbons (Fsp3) is 0. The van der Waals surface area contributed by atoms with Crippen LogP contribution in [0.25, 0.3) is 12.2 Å². The molecule has 0 aliphatic rings. The van der Waals surface area contributed by atoms with Crippen molar-refractivity contribution in [2.45, 2.75) is 0 Å². The van der Waals surface area contributed by atoms with E-state index in [9.17, 15) is 4.79 Å². The number of hydrogen-bond donors (Lipinski definition) is 0. The first kappa shape index (κ1) is 7.95. The standard InChI is InChI=1S/C9H8OS/c1-2-3-8-5-7-11-9(8)4-6-10/h2-7H,1H2/b8-3-,9-4-. The number of allylic oxidation sites excluding steroid dienone is 1. The van der Waals surface area contributed by atoms with Gasteiger partial charge in [-0.3, -0.25) is 4.79 Å². The molecule has 0 fully saturated rings. The maximum Gasteiger partial charge on any atom is 0.144 e. The summed E-state index contributed by atoms with van der Waals surface area (Å²) in [6.07, 6.45) is 5.95. The molecule has 1 aromatic rings. The zero-order valence-electron chi connectivity index (χ0n) is 5.99. The average Bonchev–Trinajstić information content (AvgIpc) is 2.39. The number of rotatable bonds is 2.